The lowest BCUT2D eigenvalue weighted by atomic mass is 10.1. The van der Waals surface area contributed by atoms with Crippen LogP contribution in [0.4, 0.5) is 0 Å². The van der Waals surface area contributed by atoms with Gasteiger partial charge >= 0.3 is 0 Å². The summed E-state index contributed by atoms with van der Waals surface area (Å²) in [6, 6.07) is 7.27. The fourth-order valence-corrected chi connectivity index (χ4v) is 1.35. The predicted octanol–water partition coefficient (Wildman–Crippen LogP) is 1.29. The second kappa shape index (κ2) is 5.94. The Balaban J connectivity index is 2.56. The molecule has 0 bridgehead atoms. The van der Waals surface area contributed by atoms with E-state index in [-0.39, 0.29) is 6.04 Å². The molecule has 0 aromatic heterocycles. The summed E-state index contributed by atoms with van der Waals surface area (Å²) in [6.07, 6.45) is 6.24. The van der Waals surface area contributed by atoms with Crippen LogP contribution < -0.4 is 11.1 Å². The minimum atomic E-state index is -0.408. The van der Waals surface area contributed by atoms with Crippen molar-refractivity contribution >= 4 is 5.91 Å². The molecule has 1 aromatic carbocycles. The number of carbonyl (C=O) groups is 1. The van der Waals surface area contributed by atoms with Crippen LogP contribution >= 0.6 is 0 Å². The van der Waals surface area contributed by atoms with Crippen LogP contribution in [0.2, 0.25) is 0 Å². The number of hydrogen-bond acceptors (Lipinski definition) is 2. The van der Waals surface area contributed by atoms with Crippen molar-refractivity contribution in [1.82, 2.24) is 5.32 Å². The van der Waals surface area contributed by atoms with Crippen LogP contribution in [0.5, 0.6) is 0 Å². The first-order valence-corrected chi connectivity index (χ1v) is 5.25. The molecule has 0 saturated heterocycles. The largest absolute Gasteiger partial charge is 0.366 e. The third-order valence-corrected chi connectivity index (χ3v) is 2.40. The summed E-state index contributed by atoms with van der Waals surface area (Å²) in [7, 11) is 0. The lowest BCUT2D eigenvalue weighted by molar-refractivity contribution is 0.100. The van der Waals surface area contributed by atoms with Gasteiger partial charge in [0.25, 0.3) is 0 Å². The van der Waals surface area contributed by atoms with E-state index >= 15 is 0 Å². The maximum Gasteiger partial charge on any atom is 0.248 e. The Hall–Kier alpha value is -1.79. The number of hydrogen-bond donors (Lipinski definition) is 2. The van der Waals surface area contributed by atoms with Gasteiger partial charge in [-0.15, -0.1) is 6.42 Å². The number of primary amides is 1. The first kappa shape index (κ1) is 12.3. The third kappa shape index (κ3) is 3.41. The number of nitrogens with one attached hydrogen (secondary N) is 1. The van der Waals surface area contributed by atoms with Gasteiger partial charge in [0.2, 0.25) is 5.91 Å². The minimum absolute atomic E-state index is 0.0933. The monoisotopic (exact) mass is 216 g/mol. The number of terminal acetylenes is 1. The molecular weight excluding hydrogens is 200 g/mol. The van der Waals surface area contributed by atoms with E-state index in [2.05, 4.69) is 11.2 Å². The molecule has 1 unspecified atom stereocenters. The van der Waals surface area contributed by atoms with Gasteiger partial charge in [-0.1, -0.05) is 25.0 Å². The number of nitrogens with two attached hydrogens (primary N) is 1. The summed E-state index contributed by atoms with van der Waals surface area (Å²) in [5, 5.41) is 3.23. The molecule has 0 heterocycles. The first-order chi connectivity index (χ1) is 7.67. The predicted molar refractivity (Wildman–Crippen MR) is 64.7 cm³/mol. The molecule has 1 atom stereocenters. The summed E-state index contributed by atoms with van der Waals surface area (Å²) < 4.78 is 0. The van der Waals surface area contributed by atoms with E-state index in [0.717, 1.165) is 12.0 Å². The van der Waals surface area contributed by atoms with E-state index in [4.69, 9.17) is 12.2 Å². The van der Waals surface area contributed by atoms with Crippen molar-refractivity contribution < 1.29 is 4.79 Å². The van der Waals surface area contributed by atoms with Crippen molar-refractivity contribution in [1.29, 1.82) is 0 Å². The minimum Gasteiger partial charge on any atom is -0.366 e. The normalized spacial score (nSPS) is 11.8. The van der Waals surface area contributed by atoms with Crippen molar-refractivity contribution in [3.05, 3.63) is 35.4 Å². The third-order valence-electron chi connectivity index (χ3n) is 2.40. The Labute approximate surface area is 96.0 Å². The Morgan fingerprint density at radius 2 is 2.12 bits per heavy atom. The van der Waals surface area contributed by atoms with Crippen molar-refractivity contribution in [3.63, 3.8) is 0 Å². The Kier molecular flexibility index (Phi) is 4.56. The Morgan fingerprint density at radius 1 is 1.50 bits per heavy atom. The number of amides is 1. The first-order valence-electron chi connectivity index (χ1n) is 5.25. The molecular formula is C13H16N2O. The maximum atomic E-state index is 10.9. The van der Waals surface area contributed by atoms with Gasteiger partial charge in [0.1, 0.15) is 0 Å². The summed E-state index contributed by atoms with van der Waals surface area (Å²) >= 11 is 0. The van der Waals surface area contributed by atoms with Crippen molar-refractivity contribution in [2.45, 2.75) is 25.9 Å². The standard InChI is InChI=1S/C13H16N2O/c1-3-12(4-2)15-9-10-5-7-11(8-6-10)13(14)16/h1,5-8,12,15H,4,9H2,2H3,(H2,14,16). The fourth-order valence-electron chi connectivity index (χ4n) is 1.35. The van der Waals surface area contributed by atoms with Gasteiger partial charge in [-0.3, -0.25) is 10.1 Å². The molecule has 0 spiro atoms. The maximum absolute atomic E-state index is 10.9. The van der Waals surface area contributed by atoms with E-state index in [0.29, 0.717) is 12.1 Å². The van der Waals surface area contributed by atoms with Crippen LogP contribution in [0.15, 0.2) is 24.3 Å². The lowest BCUT2D eigenvalue weighted by Crippen LogP contribution is -2.26. The van der Waals surface area contributed by atoms with E-state index in [1.807, 2.05) is 19.1 Å². The van der Waals surface area contributed by atoms with E-state index in [1.54, 1.807) is 12.1 Å². The molecule has 3 heteroatoms. The molecule has 0 fully saturated rings. The Morgan fingerprint density at radius 3 is 2.56 bits per heavy atom. The van der Waals surface area contributed by atoms with E-state index < -0.39 is 5.91 Å². The SMILES string of the molecule is C#CC(CC)NCc1ccc(C(N)=O)cc1. The molecule has 0 aliphatic carbocycles. The van der Waals surface area contributed by atoms with Crippen LogP contribution in [0, 0.1) is 12.3 Å². The van der Waals surface area contributed by atoms with Gasteiger partial charge in [0.15, 0.2) is 0 Å². The molecule has 16 heavy (non-hydrogen) atoms. The molecule has 3 N–H and O–H groups in total. The topological polar surface area (TPSA) is 55.1 Å². The molecule has 3 nitrogen and oxygen atoms in total. The average molecular weight is 216 g/mol. The van der Waals surface area contributed by atoms with Crippen molar-refractivity contribution in [2.75, 3.05) is 0 Å². The molecule has 0 saturated carbocycles. The van der Waals surface area contributed by atoms with Gasteiger partial charge in [-0.05, 0) is 24.1 Å². The highest BCUT2D eigenvalue weighted by Crippen LogP contribution is 2.04. The van der Waals surface area contributed by atoms with Gasteiger partial charge in [-0.2, -0.15) is 0 Å². The van der Waals surface area contributed by atoms with Gasteiger partial charge < -0.3 is 5.73 Å². The van der Waals surface area contributed by atoms with Crippen LogP contribution in [-0.4, -0.2) is 11.9 Å². The molecule has 1 rings (SSSR count). The lowest BCUT2D eigenvalue weighted by Gasteiger charge is -2.10. The number of carbonyl (C=O) groups excluding carboxylic acids is 1. The zero-order valence-corrected chi connectivity index (χ0v) is 9.36. The zero-order valence-electron chi connectivity index (χ0n) is 9.36. The van der Waals surface area contributed by atoms with Gasteiger partial charge in [0, 0.05) is 12.1 Å². The summed E-state index contributed by atoms with van der Waals surface area (Å²) in [5.74, 6) is 2.26. The quantitative estimate of drug-likeness (QED) is 0.729. The molecule has 1 aromatic rings. The molecule has 0 aliphatic heterocycles. The van der Waals surface area contributed by atoms with Crippen molar-refractivity contribution in [2.24, 2.45) is 5.73 Å². The van der Waals surface area contributed by atoms with Gasteiger partial charge in [-0.25, -0.2) is 0 Å². The summed E-state index contributed by atoms with van der Waals surface area (Å²) in [6.45, 7) is 2.73. The van der Waals surface area contributed by atoms with Crippen LogP contribution in [0.1, 0.15) is 29.3 Å². The molecule has 84 valence electrons. The molecule has 0 radical (unpaired) electrons. The van der Waals surface area contributed by atoms with Crippen LogP contribution in [-0.2, 0) is 6.54 Å². The Bertz CT molecular complexity index is 389. The average Bonchev–Trinajstić information content (AvgIpc) is 2.31. The zero-order chi connectivity index (χ0) is 12.0. The highest BCUT2D eigenvalue weighted by molar-refractivity contribution is 5.92. The molecule has 0 aliphatic rings. The summed E-state index contributed by atoms with van der Waals surface area (Å²) in [4.78, 5) is 10.9. The second-order valence-corrected chi connectivity index (χ2v) is 3.57. The number of rotatable bonds is 5. The molecule has 1 amide bonds. The second-order valence-electron chi connectivity index (χ2n) is 3.57. The fraction of sp³-hybridized carbons (Fsp3) is 0.308. The van der Waals surface area contributed by atoms with Crippen LogP contribution in [0.3, 0.4) is 0 Å². The number of benzene rings is 1. The highest BCUT2D eigenvalue weighted by atomic mass is 16.1. The van der Waals surface area contributed by atoms with Crippen molar-refractivity contribution in [3.8, 4) is 12.3 Å². The summed E-state index contributed by atoms with van der Waals surface area (Å²) in [5.41, 5.74) is 6.75. The van der Waals surface area contributed by atoms with Gasteiger partial charge in [0.05, 0.1) is 6.04 Å². The smallest absolute Gasteiger partial charge is 0.248 e. The van der Waals surface area contributed by atoms with E-state index in [1.165, 1.54) is 0 Å². The highest BCUT2D eigenvalue weighted by Gasteiger charge is 2.02. The van der Waals surface area contributed by atoms with Crippen LogP contribution in [0.25, 0.3) is 0 Å². The van der Waals surface area contributed by atoms with E-state index in [9.17, 15) is 4.79 Å².